The molecule has 1 N–H and O–H groups in total. The number of aryl methyl sites for hydroxylation is 1. The van der Waals surface area contributed by atoms with Crippen molar-refractivity contribution >= 4 is 33.2 Å². The average Bonchev–Trinajstić information content (AvgIpc) is 2.61. The van der Waals surface area contributed by atoms with Gasteiger partial charge in [-0.15, -0.1) is 0 Å². The Kier molecular flexibility index (Phi) is 8.14. The van der Waals surface area contributed by atoms with Gasteiger partial charge in [0.2, 0.25) is 15.9 Å². The van der Waals surface area contributed by atoms with Crippen LogP contribution in [-0.2, 0) is 14.8 Å². The molecule has 152 valence electrons. The van der Waals surface area contributed by atoms with Crippen molar-refractivity contribution in [1.82, 2.24) is 5.32 Å². The molecule has 0 saturated heterocycles. The largest absolute Gasteiger partial charge is 0.492 e. The smallest absolute Gasteiger partial charge is 0.232 e. The van der Waals surface area contributed by atoms with Crippen molar-refractivity contribution in [2.75, 3.05) is 30.3 Å². The van der Waals surface area contributed by atoms with Crippen molar-refractivity contribution in [2.45, 2.75) is 19.8 Å². The first-order chi connectivity index (χ1) is 13.3. The fourth-order valence-corrected chi connectivity index (χ4v) is 3.80. The quantitative estimate of drug-likeness (QED) is 0.593. The molecule has 28 heavy (non-hydrogen) atoms. The molecule has 0 aliphatic carbocycles. The van der Waals surface area contributed by atoms with E-state index < -0.39 is 10.0 Å². The second-order valence-corrected chi connectivity index (χ2v) is 8.78. The Morgan fingerprint density at radius 2 is 1.93 bits per heavy atom. The number of hydrogen-bond acceptors (Lipinski definition) is 4. The molecule has 0 spiro atoms. The van der Waals surface area contributed by atoms with Crippen molar-refractivity contribution in [3.05, 3.63) is 59.1 Å². The zero-order valence-corrected chi connectivity index (χ0v) is 17.6. The summed E-state index contributed by atoms with van der Waals surface area (Å²) in [7, 11) is -3.46. The first-order valence-electron chi connectivity index (χ1n) is 8.95. The zero-order chi connectivity index (χ0) is 20.6. The van der Waals surface area contributed by atoms with Crippen LogP contribution < -0.4 is 14.4 Å². The number of nitrogens with zero attached hydrogens (tertiary/aromatic N) is 1. The normalized spacial score (nSPS) is 11.1. The number of carbonyl (C=O) groups excluding carboxylic acids is 1. The van der Waals surface area contributed by atoms with Gasteiger partial charge in [-0.05, 0) is 49.2 Å². The summed E-state index contributed by atoms with van der Waals surface area (Å²) >= 11 is 5.95. The summed E-state index contributed by atoms with van der Waals surface area (Å²) in [6.45, 7) is 2.94. The third kappa shape index (κ3) is 7.40. The number of sulfonamides is 1. The van der Waals surface area contributed by atoms with Crippen LogP contribution in [0.5, 0.6) is 5.75 Å². The fraction of sp³-hybridized carbons (Fsp3) is 0.350. The first kappa shape index (κ1) is 22.0. The van der Waals surface area contributed by atoms with E-state index in [-0.39, 0.29) is 18.9 Å². The Labute approximate surface area is 171 Å². The van der Waals surface area contributed by atoms with Crippen LogP contribution in [0.1, 0.15) is 18.4 Å². The van der Waals surface area contributed by atoms with E-state index in [0.717, 1.165) is 17.6 Å². The molecule has 0 aliphatic heterocycles. The summed E-state index contributed by atoms with van der Waals surface area (Å²) in [5.41, 5.74) is 1.60. The molecule has 0 aromatic heterocycles. The molecule has 0 fully saturated rings. The molecule has 2 rings (SSSR count). The number of halogens is 1. The second-order valence-electron chi connectivity index (χ2n) is 6.43. The highest BCUT2D eigenvalue weighted by Gasteiger charge is 2.17. The van der Waals surface area contributed by atoms with Gasteiger partial charge in [0.25, 0.3) is 0 Å². The molecule has 0 bridgehead atoms. The summed E-state index contributed by atoms with van der Waals surface area (Å²) in [5, 5.41) is 3.23. The number of benzene rings is 2. The maximum atomic E-state index is 12.1. The van der Waals surface area contributed by atoms with Crippen LogP contribution in [0, 0.1) is 6.92 Å². The summed E-state index contributed by atoms with van der Waals surface area (Å²) in [6, 6.07) is 14.3. The van der Waals surface area contributed by atoms with E-state index in [1.54, 1.807) is 24.3 Å². The highest BCUT2D eigenvalue weighted by Crippen LogP contribution is 2.22. The van der Waals surface area contributed by atoms with E-state index >= 15 is 0 Å². The van der Waals surface area contributed by atoms with E-state index in [4.69, 9.17) is 16.3 Å². The number of carbonyl (C=O) groups is 1. The summed E-state index contributed by atoms with van der Waals surface area (Å²) < 4.78 is 30.9. The van der Waals surface area contributed by atoms with Crippen molar-refractivity contribution in [2.24, 2.45) is 0 Å². The van der Waals surface area contributed by atoms with Crippen molar-refractivity contribution in [1.29, 1.82) is 0 Å². The highest BCUT2D eigenvalue weighted by molar-refractivity contribution is 7.92. The van der Waals surface area contributed by atoms with Crippen molar-refractivity contribution in [3.8, 4) is 5.75 Å². The SMILES string of the molecule is Cc1cccc(OCCNC(=O)CCCN(c2cccc(Cl)c2)S(C)(=O)=O)c1. The number of hydrogen-bond donors (Lipinski definition) is 1. The van der Waals surface area contributed by atoms with Crippen LogP contribution in [0.15, 0.2) is 48.5 Å². The van der Waals surface area contributed by atoms with Crippen LogP contribution >= 0.6 is 11.6 Å². The molecular formula is C20H25ClN2O4S. The first-order valence-corrected chi connectivity index (χ1v) is 11.2. The predicted octanol–water partition coefficient (Wildman–Crippen LogP) is 3.39. The summed E-state index contributed by atoms with van der Waals surface area (Å²) in [6.07, 6.45) is 1.75. The minimum atomic E-state index is -3.46. The van der Waals surface area contributed by atoms with E-state index in [1.165, 1.54) is 4.31 Å². The van der Waals surface area contributed by atoms with Gasteiger partial charge in [0.15, 0.2) is 0 Å². The van der Waals surface area contributed by atoms with Crippen LogP contribution in [0.4, 0.5) is 5.69 Å². The minimum absolute atomic E-state index is 0.146. The van der Waals surface area contributed by atoms with Gasteiger partial charge in [0.05, 0.1) is 18.5 Å². The van der Waals surface area contributed by atoms with Gasteiger partial charge in [-0.3, -0.25) is 9.10 Å². The molecule has 1 amide bonds. The van der Waals surface area contributed by atoms with Crippen LogP contribution in [-0.4, -0.2) is 40.3 Å². The van der Waals surface area contributed by atoms with Gasteiger partial charge in [0, 0.05) is 18.0 Å². The lowest BCUT2D eigenvalue weighted by Gasteiger charge is -2.22. The van der Waals surface area contributed by atoms with Crippen molar-refractivity contribution in [3.63, 3.8) is 0 Å². The van der Waals surface area contributed by atoms with Gasteiger partial charge in [-0.2, -0.15) is 0 Å². The zero-order valence-electron chi connectivity index (χ0n) is 16.0. The monoisotopic (exact) mass is 424 g/mol. The summed E-state index contributed by atoms with van der Waals surface area (Å²) in [5.74, 6) is 0.618. The van der Waals surface area contributed by atoms with E-state index in [2.05, 4.69) is 5.32 Å². The Morgan fingerprint density at radius 1 is 1.18 bits per heavy atom. The topological polar surface area (TPSA) is 75.7 Å². The molecule has 0 saturated carbocycles. The highest BCUT2D eigenvalue weighted by atomic mass is 35.5. The lowest BCUT2D eigenvalue weighted by Crippen LogP contribution is -2.32. The number of rotatable bonds is 10. The Bertz CT molecular complexity index is 903. The molecule has 0 radical (unpaired) electrons. The predicted molar refractivity (Wildman–Crippen MR) is 113 cm³/mol. The average molecular weight is 425 g/mol. The van der Waals surface area contributed by atoms with E-state index in [0.29, 0.717) is 30.3 Å². The number of nitrogens with one attached hydrogen (secondary N) is 1. The number of amides is 1. The van der Waals surface area contributed by atoms with Crippen LogP contribution in [0.3, 0.4) is 0 Å². The maximum absolute atomic E-state index is 12.1. The molecule has 8 heteroatoms. The van der Waals surface area contributed by atoms with Gasteiger partial charge in [-0.1, -0.05) is 29.8 Å². The molecule has 0 aliphatic rings. The third-order valence-electron chi connectivity index (χ3n) is 3.94. The second kappa shape index (κ2) is 10.3. The van der Waals surface area contributed by atoms with Gasteiger partial charge in [0.1, 0.15) is 12.4 Å². The fourth-order valence-electron chi connectivity index (χ4n) is 2.65. The molecular weight excluding hydrogens is 400 g/mol. The standard InChI is InChI=1S/C20H25ClN2O4S/c1-16-6-3-9-19(14-16)27-13-11-22-20(24)10-5-12-23(28(2,25)26)18-8-4-7-17(21)15-18/h3-4,6-9,14-15H,5,10-13H2,1-2H3,(H,22,24). The maximum Gasteiger partial charge on any atom is 0.232 e. The molecule has 0 heterocycles. The summed E-state index contributed by atoms with van der Waals surface area (Å²) in [4.78, 5) is 12.0. The molecule has 2 aromatic carbocycles. The molecule has 2 aromatic rings. The number of anilines is 1. The lowest BCUT2D eigenvalue weighted by atomic mass is 10.2. The van der Waals surface area contributed by atoms with E-state index in [9.17, 15) is 13.2 Å². The molecule has 0 atom stereocenters. The Hall–Kier alpha value is -2.25. The molecule has 0 unspecified atom stereocenters. The van der Waals surface area contributed by atoms with Crippen molar-refractivity contribution < 1.29 is 17.9 Å². The van der Waals surface area contributed by atoms with Crippen LogP contribution in [0.2, 0.25) is 5.02 Å². The lowest BCUT2D eigenvalue weighted by molar-refractivity contribution is -0.121. The van der Waals surface area contributed by atoms with Gasteiger partial charge < -0.3 is 10.1 Å². The number of ether oxygens (including phenoxy) is 1. The third-order valence-corrected chi connectivity index (χ3v) is 5.37. The Morgan fingerprint density at radius 3 is 2.61 bits per heavy atom. The van der Waals surface area contributed by atoms with E-state index in [1.807, 2.05) is 31.2 Å². The molecule has 6 nitrogen and oxygen atoms in total. The van der Waals surface area contributed by atoms with Gasteiger partial charge >= 0.3 is 0 Å². The van der Waals surface area contributed by atoms with Crippen LogP contribution in [0.25, 0.3) is 0 Å². The van der Waals surface area contributed by atoms with Gasteiger partial charge in [-0.25, -0.2) is 8.42 Å². The minimum Gasteiger partial charge on any atom is -0.492 e. The Balaban J connectivity index is 1.75.